The smallest absolute Gasteiger partial charge is 0.340 e. The molecule has 0 aliphatic heterocycles. The van der Waals surface area contributed by atoms with Gasteiger partial charge in [0.15, 0.2) is 0 Å². The van der Waals surface area contributed by atoms with Gasteiger partial charge >= 0.3 is 5.97 Å². The van der Waals surface area contributed by atoms with Crippen LogP contribution in [0.25, 0.3) is 0 Å². The van der Waals surface area contributed by atoms with E-state index < -0.39 is 5.97 Å². The molecule has 1 aromatic heterocycles. The standard InChI is InChI=1S/C10H14N2O2S/c1-3-14-10(13)7-5-6-12-9(8(7)11)15-4-2/h5-6H,3-4,11H2,1-2H3. The molecule has 1 heterocycles. The molecular formula is C10H14N2O2S. The van der Waals surface area contributed by atoms with Gasteiger partial charge in [-0.1, -0.05) is 6.92 Å². The van der Waals surface area contributed by atoms with Gasteiger partial charge in [0.1, 0.15) is 5.03 Å². The number of hydrogen-bond donors (Lipinski definition) is 1. The molecule has 0 unspecified atom stereocenters. The zero-order valence-corrected chi connectivity index (χ0v) is 9.63. The van der Waals surface area contributed by atoms with E-state index in [4.69, 9.17) is 10.5 Å². The predicted molar refractivity (Wildman–Crippen MR) is 61.0 cm³/mol. The first kappa shape index (κ1) is 11.8. The molecule has 5 heteroatoms. The molecule has 1 aromatic rings. The van der Waals surface area contributed by atoms with Crippen LogP contribution in [0.2, 0.25) is 0 Å². The maximum atomic E-state index is 11.5. The Morgan fingerprint density at radius 1 is 1.60 bits per heavy atom. The Kier molecular flexibility index (Phi) is 4.42. The molecule has 0 spiro atoms. The summed E-state index contributed by atoms with van der Waals surface area (Å²) in [4.78, 5) is 15.6. The van der Waals surface area contributed by atoms with Gasteiger partial charge in [-0.15, -0.1) is 11.8 Å². The van der Waals surface area contributed by atoms with Crippen molar-refractivity contribution in [1.82, 2.24) is 4.98 Å². The minimum absolute atomic E-state index is 0.344. The van der Waals surface area contributed by atoms with Crippen LogP contribution < -0.4 is 5.73 Å². The predicted octanol–water partition coefficient (Wildman–Crippen LogP) is 1.95. The molecule has 0 saturated heterocycles. The first-order valence-corrected chi connectivity index (χ1v) is 5.73. The highest BCUT2D eigenvalue weighted by Gasteiger charge is 2.13. The molecule has 1 rings (SSSR count). The molecule has 0 aliphatic rings. The first-order chi connectivity index (χ1) is 7.20. The van der Waals surface area contributed by atoms with Gasteiger partial charge < -0.3 is 10.5 Å². The van der Waals surface area contributed by atoms with Gasteiger partial charge in [-0.2, -0.15) is 0 Å². The zero-order chi connectivity index (χ0) is 11.3. The van der Waals surface area contributed by atoms with Crippen LogP contribution in [-0.2, 0) is 4.74 Å². The van der Waals surface area contributed by atoms with E-state index in [-0.39, 0.29) is 0 Å². The van der Waals surface area contributed by atoms with Crippen molar-refractivity contribution < 1.29 is 9.53 Å². The second-order valence-corrected chi connectivity index (χ2v) is 3.98. The van der Waals surface area contributed by atoms with Crippen LogP contribution in [0.15, 0.2) is 17.3 Å². The molecule has 0 fully saturated rings. The third-order valence-corrected chi connectivity index (χ3v) is 2.62. The Labute approximate surface area is 93.2 Å². The van der Waals surface area contributed by atoms with E-state index in [2.05, 4.69) is 4.98 Å². The van der Waals surface area contributed by atoms with Gasteiger partial charge in [0.2, 0.25) is 0 Å². The lowest BCUT2D eigenvalue weighted by Gasteiger charge is -2.07. The number of ether oxygens (including phenoxy) is 1. The molecule has 0 amide bonds. The van der Waals surface area contributed by atoms with Crippen molar-refractivity contribution in [1.29, 1.82) is 0 Å². The summed E-state index contributed by atoms with van der Waals surface area (Å²) >= 11 is 1.51. The van der Waals surface area contributed by atoms with Crippen molar-refractivity contribution in [3.05, 3.63) is 17.8 Å². The average molecular weight is 226 g/mol. The van der Waals surface area contributed by atoms with Crippen molar-refractivity contribution in [3.8, 4) is 0 Å². The summed E-state index contributed by atoms with van der Waals surface area (Å²) in [6.07, 6.45) is 1.57. The Morgan fingerprint density at radius 2 is 2.33 bits per heavy atom. The lowest BCUT2D eigenvalue weighted by molar-refractivity contribution is 0.0527. The van der Waals surface area contributed by atoms with Crippen LogP contribution in [0.3, 0.4) is 0 Å². The molecule has 15 heavy (non-hydrogen) atoms. The molecule has 0 aromatic carbocycles. The van der Waals surface area contributed by atoms with Crippen LogP contribution in [0.1, 0.15) is 24.2 Å². The number of pyridine rings is 1. The maximum absolute atomic E-state index is 11.5. The maximum Gasteiger partial charge on any atom is 0.340 e. The second kappa shape index (κ2) is 5.60. The monoisotopic (exact) mass is 226 g/mol. The van der Waals surface area contributed by atoms with E-state index in [0.29, 0.717) is 22.9 Å². The van der Waals surface area contributed by atoms with Gasteiger partial charge in [0, 0.05) is 6.20 Å². The summed E-state index contributed by atoms with van der Waals surface area (Å²) in [5, 5.41) is 0.683. The quantitative estimate of drug-likeness (QED) is 0.628. The van der Waals surface area contributed by atoms with Gasteiger partial charge in [-0.05, 0) is 18.7 Å². The van der Waals surface area contributed by atoms with Crippen LogP contribution in [0.4, 0.5) is 5.69 Å². The molecule has 0 bridgehead atoms. The lowest BCUT2D eigenvalue weighted by Crippen LogP contribution is -2.09. The number of carbonyl (C=O) groups is 1. The van der Waals surface area contributed by atoms with Gasteiger partial charge in [-0.25, -0.2) is 9.78 Å². The largest absolute Gasteiger partial charge is 0.462 e. The van der Waals surface area contributed by atoms with E-state index in [1.165, 1.54) is 11.8 Å². The van der Waals surface area contributed by atoms with Crippen LogP contribution in [0, 0.1) is 0 Å². The number of anilines is 1. The topological polar surface area (TPSA) is 65.2 Å². The fraction of sp³-hybridized carbons (Fsp3) is 0.400. The summed E-state index contributed by atoms with van der Waals surface area (Å²) in [5.74, 6) is 0.471. The number of esters is 1. The normalized spacial score (nSPS) is 10.0. The molecule has 82 valence electrons. The summed E-state index contributed by atoms with van der Waals surface area (Å²) in [5.41, 5.74) is 6.61. The molecule has 0 aliphatic carbocycles. The van der Waals surface area contributed by atoms with Gasteiger partial charge in [-0.3, -0.25) is 0 Å². The fourth-order valence-electron chi connectivity index (χ4n) is 1.09. The SMILES string of the molecule is CCOC(=O)c1ccnc(SCC)c1N. The lowest BCUT2D eigenvalue weighted by atomic mass is 10.2. The number of hydrogen-bond acceptors (Lipinski definition) is 5. The van der Waals surface area contributed by atoms with Crippen molar-refractivity contribution in [3.63, 3.8) is 0 Å². The Bertz CT molecular complexity index is 355. The highest BCUT2D eigenvalue weighted by atomic mass is 32.2. The second-order valence-electron chi connectivity index (χ2n) is 2.73. The van der Waals surface area contributed by atoms with E-state index >= 15 is 0 Å². The van der Waals surface area contributed by atoms with Crippen LogP contribution in [-0.4, -0.2) is 23.3 Å². The summed E-state index contributed by atoms with van der Waals surface area (Å²) < 4.78 is 4.89. The average Bonchev–Trinajstić information content (AvgIpc) is 2.22. The molecule has 2 N–H and O–H groups in total. The van der Waals surface area contributed by atoms with Crippen LogP contribution >= 0.6 is 11.8 Å². The van der Waals surface area contributed by atoms with Crippen molar-refractivity contribution in [2.75, 3.05) is 18.1 Å². The van der Waals surface area contributed by atoms with Gasteiger partial charge in [0.05, 0.1) is 17.9 Å². The number of aromatic nitrogens is 1. The van der Waals surface area contributed by atoms with Crippen molar-refractivity contribution in [2.24, 2.45) is 0 Å². The van der Waals surface area contributed by atoms with Crippen molar-refractivity contribution in [2.45, 2.75) is 18.9 Å². The van der Waals surface area contributed by atoms with E-state index in [1.54, 1.807) is 19.2 Å². The highest BCUT2D eigenvalue weighted by molar-refractivity contribution is 7.99. The summed E-state index contributed by atoms with van der Waals surface area (Å²) in [7, 11) is 0. The molecule has 4 nitrogen and oxygen atoms in total. The summed E-state index contributed by atoms with van der Waals surface area (Å²) in [6, 6.07) is 1.58. The third kappa shape index (κ3) is 2.86. The minimum Gasteiger partial charge on any atom is -0.462 e. The number of thioether (sulfide) groups is 1. The molecule has 0 radical (unpaired) electrons. The number of nitrogen functional groups attached to an aromatic ring is 1. The highest BCUT2D eigenvalue weighted by Crippen LogP contribution is 2.25. The molecule has 0 saturated carbocycles. The number of nitrogens with zero attached hydrogens (tertiary/aromatic N) is 1. The minimum atomic E-state index is -0.393. The van der Waals surface area contributed by atoms with Crippen LogP contribution in [0.5, 0.6) is 0 Å². The first-order valence-electron chi connectivity index (χ1n) is 4.75. The Hall–Kier alpha value is -1.23. The van der Waals surface area contributed by atoms with E-state index in [0.717, 1.165) is 5.75 Å². The fourth-order valence-corrected chi connectivity index (χ4v) is 1.77. The van der Waals surface area contributed by atoms with Gasteiger partial charge in [0.25, 0.3) is 0 Å². The Morgan fingerprint density at radius 3 is 2.93 bits per heavy atom. The number of rotatable bonds is 4. The summed E-state index contributed by atoms with van der Waals surface area (Å²) in [6.45, 7) is 4.11. The van der Waals surface area contributed by atoms with E-state index in [1.807, 2.05) is 6.92 Å². The third-order valence-electron chi connectivity index (χ3n) is 1.73. The van der Waals surface area contributed by atoms with E-state index in [9.17, 15) is 4.79 Å². The van der Waals surface area contributed by atoms with Crippen molar-refractivity contribution >= 4 is 23.4 Å². The number of carbonyl (C=O) groups excluding carboxylic acids is 1. The number of nitrogens with two attached hydrogens (primary N) is 1. The zero-order valence-electron chi connectivity index (χ0n) is 8.82. The Balaban J connectivity index is 2.98. The molecular weight excluding hydrogens is 212 g/mol. The molecule has 0 atom stereocenters.